The lowest BCUT2D eigenvalue weighted by Crippen LogP contribution is -2.05. The highest BCUT2D eigenvalue weighted by Gasteiger charge is 2.05. The van der Waals surface area contributed by atoms with E-state index in [0.29, 0.717) is 24.0 Å². The number of aromatic carboxylic acids is 1. The number of hydrogen-bond donors (Lipinski definition) is 3. The van der Waals surface area contributed by atoms with Gasteiger partial charge in [0, 0.05) is 18.3 Å². The van der Waals surface area contributed by atoms with Crippen molar-refractivity contribution in [1.82, 2.24) is 9.97 Å². The number of rotatable bonds is 7. The van der Waals surface area contributed by atoms with Gasteiger partial charge >= 0.3 is 5.97 Å². The molecular weight excluding hydrogens is 344 g/mol. The summed E-state index contributed by atoms with van der Waals surface area (Å²) < 4.78 is 5.16. The van der Waals surface area contributed by atoms with Gasteiger partial charge in [0.05, 0.1) is 12.7 Å². The number of nitrogens with zero attached hydrogens (tertiary/aromatic N) is 2. The molecule has 0 aliphatic carbocycles. The van der Waals surface area contributed by atoms with E-state index in [0.717, 1.165) is 17.0 Å². The van der Waals surface area contributed by atoms with Crippen molar-refractivity contribution in [3.8, 4) is 5.75 Å². The summed E-state index contributed by atoms with van der Waals surface area (Å²) in [5, 5.41) is 15.4. The number of benzene rings is 2. The highest BCUT2D eigenvalue weighted by Crippen LogP contribution is 2.19. The van der Waals surface area contributed by atoms with Crippen LogP contribution in [0.1, 0.15) is 21.7 Å². The number of methoxy groups -OCH3 is 1. The molecule has 0 fully saturated rings. The van der Waals surface area contributed by atoms with Crippen molar-refractivity contribution >= 4 is 23.3 Å². The molecule has 1 aromatic heterocycles. The summed E-state index contributed by atoms with van der Waals surface area (Å²) in [5.41, 5.74) is 2.09. The summed E-state index contributed by atoms with van der Waals surface area (Å²) in [4.78, 5) is 19.7. The third-order valence-electron chi connectivity index (χ3n) is 3.87. The summed E-state index contributed by atoms with van der Waals surface area (Å²) in [6.45, 7) is 2.43. The fourth-order valence-electron chi connectivity index (χ4n) is 2.50. The number of carbonyl (C=O) groups is 1. The van der Waals surface area contributed by atoms with Crippen molar-refractivity contribution < 1.29 is 14.6 Å². The number of ether oxygens (including phenoxy) is 1. The van der Waals surface area contributed by atoms with Crippen LogP contribution in [0.25, 0.3) is 0 Å². The van der Waals surface area contributed by atoms with Crippen LogP contribution in [0.5, 0.6) is 5.75 Å². The lowest BCUT2D eigenvalue weighted by atomic mass is 10.2. The molecule has 0 radical (unpaired) electrons. The maximum atomic E-state index is 10.9. The molecule has 0 amide bonds. The zero-order valence-electron chi connectivity index (χ0n) is 15.1. The quantitative estimate of drug-likeness (QED) is 0.586. The molecule has 0 bridgehead atoms. The molecule has 0 atom stereocenters. The Bertz CT molecular complexity index is 925. The molecule has 27 heavy (non-hydrogen) atoms. The van der Waals surface area contributed by atoms with E-state index in [1.54, 1.807) is 31.4 Å². The minimum atomic E-state index is -0.954. The van der Waals surface area contributed by atoms with Gasteiger partial charge in [-0.1, -0.05) is 12.1 Å². The van der Waals surface area contributed by atoms with Crippen LogP contribution in [0.2, 0.25) is 0 Å². The Labute approximate surface area is 157 Å². The molecule has 3 N–H and O–H groups in total. The second-order valence-electron chi connectivity index (χ2n) is 5.89. The molecule has 0 unspecified atom stereocenters. The monoisotopic (exact) mass is 364 g/mol. The van der Waals surface area contributed by atoms with E-state index in [1.165, 1.54) is 0 Å². The van der Waals surface area contributed by atoms with E-state index in [4.69, 9.17) is 9.84 Å². The van der Waals surface area contributed by atoms with Crippen LogP contribution in [-0.2, 0) is 6.54 Å². The fraction of sp³-hybridized carbons (Fsp3) is 0.150. The van der Waals surface area contributed by atoms with Crippen LogP contribution >= 0.6 is 0 Å². The average molecular weight is 364 g/mol. The molecule has 0 saturated heterocycles. The molecule has 1 heterocycles. The molecular formula is C20H20N4O3. The zero-order valence-corrected chi connectivity index (χ0v) is 15.1. The van der Waals surface area contributed by atoms with E-state index in [9.17, 15) is 4.79 Å². The van der Waals surface area contributed by atoms with Crippen molar-refractivity contribution in [3.05, 3.63) is 71.5 Å². The van der Waals surface area contributed by atoms with Crippen LogP contribution in [0.3, 0.4) is 0 Å². The number of anilines is 3. The van der Waals surface area contributed by atoms with Crippen LogP contribution in [0.15, 0.2) is 54.6 Å². The molecule has 0 saturated carbocycles. The van der Waals surface area contributed by atoms with Gasteiger partial charge in [0.25, 0.3) is 0 Å². The van der Waals surface area contributed by atoms with E-state index in [-0.39, 0.29) is 5.56 Å². The Kier molecular flexibility index (Phi) is 5.51. The minimum Gasteiger partial charge on any atom is -0.497 e. The SMILES string of the molecule is COc1ccc(CNc2cc(Nc3ccc(C(=O)O)cc3)nc(C)n2)cc1. The molecule has 2 aromatic carbocycles. The number of aromatic nitrogens is 2. The normalized spacial score (nSPS) is 10.3. The van der Waals surface area contributed by atoms with Crippen molar-refractivity contribution in [2.45, 2.75) is 13.5 Å². The third-order valence-corrected chi connectivity index (χ3v) is 3.87. The molecule has 0 aliphatic rings. The van der Waals surface area contributed by atoms with Crippen molar-refractivity contribution in [2.24, 2.45) is 0 Å². The van der Waals surface area contributed by atoms with Gasteiger partial charge in [0.15, 0.2) is 0 Å². The minimum absolute atomic E-state index is 0.237. The molecule has 3 rings (SSSR count). The topological polar surface area (TPSA) is 96.4 Å². The second-order valence-corrected chi connectivity index (χ2v) is 5.89. The van der Waals surface area contributed by atoms with Crippen LogP contribution in [0.4, 0.5) is 17.3 Å². The van der Waals surface area contributed by atoms with Crippen molar-refractivity contribution in [2.75, 3.05) is 17.7 Å². The van der Waals surface area contributed by atoms with Crippen molar-refractivity contribution in [3.63, 3.8) is 0 Å². The molecule has 3 aromatic rings. The average Bonchev–Trinajstić information content (AvgIpc) is 2.67. The summed E-state index contributed by atoms with van der Waals surface area (Å²) in [6.07, 6.45) is 0. The molecule has 7 nitrogen and oxygen atoms in total. The lowest BCUT2D eigenvalue weighted by Gasteiger charge is -2.11. The first-order valence-corrected chi connectivity index (χ1v) is 8.36. The zero-order chi connectivity index (χ0) is 19.2. The van der Waals surface area contributed by atoms with E-state index >= 15 is 0 Å². The van der Waals surface area contributed by atoms with Gasteiger partial charge in [0.2, 0.25) is 0 Å². The van der Waals surface area contributed by atoms with Gasteiger partial charge < -0.3 is 20.5 Å². The molecule has 7 heteroatoms. The van der Waals surface area contributed by atoms with E-state index < -0.39 is 5.97 Å². The Hall–Kier alpha value is -3.61. The van der Waals surface area contributed by atoms with Gasteiger partial charge in [0.1, 0.15) is 23.2 Å². The van der Waals surface area contributed by atoms with Gasteiger partial charge in [-0.15, -0.1) is 0 Å². The summed E-state index contributed by atoms with van der Waals surface area (Å²) in [5.74, 6) is 1.81. The Morgan fingerprint density at radius 3 is 2.33 bits per heavy atom. The van der Waals surface area contributed by atoms with E-state index in [1.807, 2.05) is 37.3 Å². The predicted molar refractivity (Wildman–Crippen MR) is 104 cm³/mol. The first-order chi connectivity index (χ1) is 13.0. The number of carboxylic acid groups (broad SMARTS) is 1. The number of hydrogen-bond acceptors (Lipinski definition) is 6. The molecule has 0 aliphatic heterocycles. The summed E-state index contributed by atoms with van der Waals surface area (Å²) >= 11 is 0. The van der Waals surface area contributed by atoms with E-state index in [2.05, 4.69) is 20.6 Å². The standard InChI is InChI=1S/C20H20N4O3/c1-13-22-18(21-12-14-3-9-17(27-2)10-4-14)11-19(23-13)24-16-7-5-15(6-8-16)20(25)26/h3-11H,12H2,1-2H3,(H,25,26)(H2,21,22,23,24). The lowest BCUT2D eigenvalue weighted by molar-refractivity contribution is 0.0697. The summed E-state index contributed by atoms with van der Waals surface area (Å²) in [6, 6.07) is 16.1. The van der Waals surface area contributed by atoms with Gasteiger partial charge in [-0.05, 0) is 48.9 Å². The van der Waals surface area contributed by atoms with Gasteiger partial charge in [-0.3, -0.25) is 0 Å². The molecule has 138 valence electrons. The van der Waals surface area contributed by atoms with Crippen LogP contribution in [-0.4, -0.2) is 28.2 Å². The first-order valence-electron chi connectivity index (χ1n) is 8.36. The Morgan fingerprint density at radius 1 is 1.04 bits per heavy atom. The predicted octanol–water partition coefficient (Wildman–Crippen LogP) is 3.85. The summed E-state index contributed by atoms with van der Waals surface area (Å²) in [7, 11) is 1.64. The highest BCUT2D eigenvalue weighted by atomic mass is 16.5. The smallest absolute Gasteiger partial charge is 0.335 e. The third kappa shape index (κ3) is 4.94. The Morgan fingerprint density at radius 2 is 1.70 bits per heavy atom. The maximum absolute atomic E-state index is 10.9. The Balaban J connectivity index is 1.68. The van der Waals surface area contributed by atoms with Crippen LogP contribution in [0, 0.1) is 6.92 Å². The second kappa shape index (κ2) is 8.18. The van der Waals surface area contributed by atoms with Gasteiger partial charge in [-0.2, -0.15) is 0 Å². The number of carboxylic acids is 1. The first kappa shape index (κ1) is 18.2. The molecule has 0 spiro atoms. The largest absolute Gasteiger partial charge is 0.497 e. The highest BCUT2D eigenvalue weighted by molar-refractivity contribution is 5.88. The maximum Gasteiger partial charge on any atom is 0.335 e. The van der Waals surface area contributed by atoms with Crippen LogP contribution < -0.4 is 15.4 Å². The fourth-order valence-corrected chi connectivity index (χ4v) is 2.50. The van der Waals surface area contributed by atoms with Crippen molar-refractivity contribution in [1.29, 1.82) is 0 Å². The number of nitrogens with one attached hydrogen (secondary N) is 2. The number of aryl methyl sites for hydroxylation is 1. The van der Waals surface area contributed by atoms with Gasteiger partial charge in [-0.25, -0.2) is 14.8 Å².